The summed E-state index contributed by atoms with van der Waals surface area (Å²) in [5.41, 5.74) is 0. The fourth-order valence-corrected chi connectivity index (χ4v) is 3.71. The molecule has 1 aliphatic heterocycles. The van der Waals surface area contributed by atoms with Crippen LogP contribution in [-0.2, 0) is 14.3 Å². The third kappa shape index (κ3) is 4.51. The second kappa shape index (κ2) is 7.90. The number of piperidine rings is 1. The maximum atomic E-state index is 12.1. The molecule has 1 N–H and O–H groups in total. The van der Waals surface area contributed by atoms with Gasteiger partial charge in [0.1, 0.15) is 5.78 Å². The van der Waals surface area contributed by atoms with E-state index in [1.54, 1.807) is 7.11 Å². The van der Waals surface area contributed by atoms with Gasteiger partial charge < -0.3 is 10.1 Å². The van der Waals surface area contributed by atoms with Gasteiger partial charge in [-0.25, -0.2) is 0 Å². The minimum Gasteiger partial charge on any atom is -0.383 e. The number of methoxy groups -OCH3 is 1. The highest BCUT2D eigenvalue weighted by molar-refractivity contribution is 5.84. The molecule has 0 aromatic carbocycles. The van der Waals surface area contributed by atoms with Gasteiger partial charge in [0, 0.05) is 31.5 Å². The van der Waals surface area contributed by atoms with Crippen molar-refractivity contribution in [2.45, 2.75) is 57.5 Å². The van der Waals surface area contributed by atoms with Crippen LogP contribution in [0.25, 0.3) is 0 Å². The molecule has 21 heavy (non-hydrogen) atoms. The number of carbonyl (C=O) groups is 2. The quantitative estimate of drug-likeness (QED) is 0.804. The second-order valence-corrected chi connectivity index (χ2v) is 6.42. The van der Waals surface area contributed by atoms with Gasteiger partial charge in [-0.2, -0.15) is 0 Å². The number of carbonyl (C=O) groups excluding carboxylic acids is 2. The van der Waals surface area contributed by atoms with Gasteiger partial charge in [-0.3, -0.25) is 14.5 Å². The number of hydrogen-bond acceptors (Lipinski definition) is 4. The highest BCUT2D eigenvalue weighted by Gasteiger charge is 2.37. The Morgan fingerprint density at radius 3 is 2.86 bits per heavy atom. The Labute approximate surface area is 127 Å². The summed E-state index contributed by atoms with van der Waals surface area (Å²) in [4.78, 5) is 26.4. The molecule has 5 heteroatoms. The van der Waals surface area contributed by atoms with Gasteiger partial charge in [0.25, 0.3) is 0 Å². The molecule has 0 aromatic heterocycles. The van der Waals surface area contributed by atoms with Crippen molar-refractivity contribution >= 4 is 11.7 Å². The molecule has 1 aliphatic carbocycles. The Bertz CT molecular complexity index is 373. The molecule has 3 atom stereocenters. The predicted octanol–water partition coefficient (Wildman–Crippen LogP) is 1.36. The molecule has 120 valence electrons. The minimum atomic E-state index is 0.0267. The Balaban J connectivity index is 1.89. The Kier molecular flexibility index (Phi) is 6.18. The van der Waals surface area contributed by atoms with Crippen molar-refractivity contribution in [1.82, 2.24) is 10.2 Å². The minimum absolute atomic E-state index is 0.0267. The van der Waals surface area contributed by atoms with Crippen LogP contribution in [0.3, 0.4) is 0 Å². The fourth-order valence-electron chi connectivity index (χ4n) is 3.71. The highest BCUT2D eigenvalue weighted by atomic mass is 16.5. The number of rotatable bonds is 6. The topological polar surface area (TPSA) is 58.6 Å². The summed E-state index contributed by atoms with van der Waals surface area (Å²) < 4.78 is 5.04. The van der Waals surface area contributed by atoms with E-state index in [1.807, 2.05) is 6.92 Å². The highest BCUT2D eigenvalue weighted by Crippen LogP contribution is 2.32. The lowest BCUT2D eigenvalue weighted by atomic mass is 9.88. The zero-order valence-electron chi connectivity index (χ0n) is 13.3. The van der Waals surface area contributed by atoms with Crippen molar-refractivity contribution in [3.05, 3.63) is 0 Å². The smallest absolute Gasteiger partial charge is 0.234 e. The van der Waals surface area contributed by atoms with Gasteiger partial charge in [-0.05, 0) is 39.2 Å². The van der Waals surface area contributed by atoms with Gasteiger partial charge in [0.05, 0.1) is 13.2 Å². The molecule has 0 aromatic rings. The Hall–Kier alpha value is -0.940. The Morgan fingerprint density at radius 1 is 1.38 bits per heavy atom. The summed E-state index contributed by atoms with van der Waals surface area (Å²) in [5.74, 6) is 0.603. The molecule has 1 saturated heterocycles. The summed E-state index contributed by atoms with van der Waals surface area (Å²) in [6.45, 7) is 3.80. The van der Waals surface area contributed by atoms with Crippen LogP contribution >= 0.6 is 0 Å². The largest absolute Gasteiger partial charge is 0.383 e. The lowest BCUT2D eigenvalue weighted by Crippen LogP contribution is -2.50. The van der Waals surface area contributed by atoms with Crippen molar-refractivity contribution < 1.29 is 14.3 Å². The van der Waals surface area contributed by atoms with Crippen LogP contribution in [0.1, 0.15) is 45.4 Å². The van der Waals surface area contributed by atoms with Crippen LogP contribution in [0.2, 0.25) is 0 Å². The third-order valence-electron chi connectivity index (χ3n) is 4.65. The lowest BCUT2D eigenvalue weighted by Gasteiger charge is -2.38. The van der Waals surface area contributed by atoms with Crippen LogP contribution in [0.5, 0.6) is 0 Å². The number of amides is 1. The van der Waals surface area contributed by atoms with Gasteiger partial charge in [0.15, 0.2) is 0 Å². The molecule has 0 bridgehead atoms. The SMILES string of the molecule is COCC(C)NC(=O)CN1CCCCC1C1CCCC1=O. The molecule has 2 aliphatic rings. The predicted molar refractivity (Wildman–Crippen MR) is 81.0 cm³/mol. The first kappa shape index (κ1) is 16.4. The maximum Gasteiger partial charge on any atom is 0.234 e. The molecular weight excluding hydrogens is 268 g/mol. The molecule has 1 amide bonds. The summed E-state index contributed by atoms with van der Waals surface area (Å²) in [6.07, 6.45) is 6.10. The summed E-state index contributed by atoms with van der Waals surface area (Å²) in [5, 5.41) is 2.96. The molecule has 0 radical (unpaired) electrons. The molecule has 5 nitrogen and oxygen atoms in total. The van der Waals surface area contributed by atoms with Gasteiger partial charge >= 0.3 is 0 Å². The van der Waals surface area contributed by atoms with Crippen LogP contribution in [0, 0.1) is 5.92 Å². The van der Waals surface area contributed by atoms with Crippen molar-refractivity contribution in [3.63, 3.8) is 0 Å². The summed E-state index contributed by atoms with van der Waals surface area (Å²) in [7, 11) is 1.63. The molecular formula is C16H28N2O3. The molecule has 0 spiro atoms. The van der Waals surface area contributed by atoms with Crippen molar-refractivity contribution in [2.24, 2.45) is 5.92 Å². The maximum absolute atomic E-state index is 12.1. The second-order valence-electron chi connectivity index (χ2n) is 6.42. The third-order valence-corrected chi connectivity index (χ3v) is 4.65. The van der Waals surface area contributed by atoms with Crippen LogP contribution in [0.15, 0.2) is 0 Å². The molecule has 3 unspecified atom stereocenters. The number of Topliss-reactive ketones (excluding diaryl/α,β-unsaturated/α-hetero) is 1. The van der Waals surface area contributed by atoms with Crippen molar-refractivity contribution in [1.29, 1.82) is 0 Å². The monoisotopic (exact) mass is 296 g/mol. The van der Waals surface area contributed by atoms with Gasteiger partial charge in [-0.1, -0.05) is 6.42 Å². The molecule has 2 rings (SSSR count). The fraction of sp³-hybridized carbons (Fsp3) is 0.875. The Morgan fingerprint density at radius 2 is 2.19 bits per heavy atom. The molecule has 1 heterocycles. The summed E-state index contributed by atoms with van der Waals surface area (Å²) in [6, 6.07) is 0.302. The zero-order valence-corrected chi connectivity index (χ0v) is 13.3. The van der Waals surface area contributed by atoms with E-state index in [2.05, 4.69) is 10.2 Å². The van der Waals surface area contributed by atoms with E-state index in [0.717, 1.165) is 38.6 Å². The van der Waals surface area contributed by atoms with Crippen LogP contribution in [-0.4, -0.2) is 55.5 Å². The first-order valence-corrected chi connectivity index (χ1v) is 8.17. The number of ether oxygens (including phenoxy) is 1. The van der Waals surface area contributed by atoms with E-state index in [0.29, 0.717) is 18.9 Å². The van der Waals surface area contributed by atoms with Gasteiger partial charge in [0.2, 0.25) is 5.91 Å². The first-order chi connectivity index (χ1) is 10.1. The van der Waals surface area contributed by atoms with Crippen molar-refractivity contribution in [2.75, 3.05) is 26.8 Å². The van der Waals surface area contributed by atoms with Gasteiger partial charge in [-0.15, -0.1) is 0 Å². The van der Waals surface area contributed by atoms with E-state index >= 15 is 0 Å². The average molecular weight is 296 g/mol. The number of ketones is 1. The average Bonchev–Trinajstić information content (AvgIpc) is 2.85. The van der Waals surface area contributed by atoms with E-state index in [1.165, 1.54) is 6.42 Å². The van der Waals surface area contributed by atoms with Crippen molar-refractivity contribution in [3.8, 4) is 0 Å². The zero-order chi connectivity index (χ0) is 15.2. The molecule has 2 fully saturated rings. The number of nitrogens with zero attached hydrogens (tertiary/aromatic N) is 1. The lowest BCUT2D eigenvalue weighted by molar-refractivity contribution is -0.128. The number of nitrogens with one attached hydrogen (secondary N) is 1. The van der Waals surface area contributed by atoms with E-state index in [9.17, 15) is 9.59 Å². The van der Waals surface area contributed by atoms with Crippen LogP contribution < -0.4 is 5.32 Å². The van der Waals surface area contributed by atoms with E-state index in [-0.39, 0.29) is 23.9 Å². The van der Waals surface area contributed by atoms with E-state index < -0.39 is 0 Å². The van der Waals surface area contributed by atoms with E-state index in [4.69, 9.17) is 4.74 Å². The van der Waals surface area contributed by atoms with Crippen LogP contribution in [0.4, 0.5) is 0 Å². The summed E-state index contributed by atoms with van der Waals surface area (Å²) >= 11 is 0. The standard InChI is InChI=1S/C16H28N2O3/c1-12(11-21-2)17-16(20)10-18-9-4-3-7-14(18)13-6-5-8-15(13)19/h12-14H,3-11H2,1-2H3,(H,17,20). The normalized spacial score (nSPS) is 28.6. The number of likely N-dealkylation sites (tertiary alicyclic amines) is 1. The number of hydrogen-bond donors (Lipinski definition) is 1. The molecule has 1 saturated carbocycles. The first-order valence-electron chi connectivity index (χ1n) is 8.17.